The highest BCUT2D eigenvalue weighted by Crippen LogP contribution is 2.21. The molecule has 9 heteroatoms. The lowest BCUT2D eigenvalue weighted by molar-refractivity contribution is 0.401. The van der Waals surface area contributed by atoms with Crippen LogP contribution in [0, 0.1) is 4.91 Å². The molecule has 0 aliphatic rings. The van der Waals surface area contributed by atoms with Crippen molar-refractivity contribution in [2.45, 2.75) is 32.1 Å². The molecule has 1 rings (SSSR count). The lowest BCUT2D eigenvalue weighted by Gasteiger charge is -2.10. The molecule has 8 nitrogen and oxygen atoms in total. The molecule has 0 radical (unpaired) electrons. The molecule has 0 fully saturated rings. The van der Waals surface area contributed by atoms with Crippen molar-refractivity contribution in [2.75, 3.05) is 0 Å². The van der Waals surface area contributed by atoms with Gasteiger partial charge in [-0.3, -0.25) is 13.9 Å². The first-order valence-corrected chi connectivity index (χ1v) is 7.15. The van der Waals surface area contributed by atoms with Crippen LogP contribution in [-0.2, 0) is 22.4 Å². The number of aromatic nitrogens is 1. The van der Waals surface area contributed by atoms with E-state index >= 15 is 0 Å². The van der Waals surface area contributed by atoms with Gasteiger partial charge in [0.05, 0.1) is 0 Å². The average molecular weight is 290 g/mol. The fourth-order valence-electron chi connectivity index (χ4n) is 1.61. The Bertz CT molecular complexity index is 634. The van der Waals surface area contributed by atoms with Crippen molar-refractivity contribution in [3.05, 3.63) is 26.9 Å². The second kappa shape index (κ2) is 5.93. The monoisotopic (exact) mass is 290 g/mol. The van der Waals surface area contributed by atoms with Gasteiger partial charge in [-0.2, -0.15) is 8.42 Å². The Morgan fingerprint density at radius 1 is 1.42 bits per heavy atom. The van der Waals surface area contributed by atoms with Crippen LogP contribution >= 0.6 is 0 Å². The summed E-state index contributed by atoms with van der Waals surface area (Å²) in [5.41, 5.74) is -1.82. The number of nitroso groups, excluding NO2 is 1. The Hall–Kier alpha value is -1.74. The number of pyridine rings is 1. The molecule has 0 spiro atoms. The molecule has 0 bridgehead atoms. The third-order valence-electron chi connectivity index (χ3n) is 2.50. The number of nitrogens with zero attached hydrogens (tertiary/aromatic N) is 2. The zero-order valence-electron chi connectivity index (χ0n) is 10.2. The summed E-state index contributed by atoms with van der Waals surface area (Å²) in [5, 5.41) is 12.2. The molecule has 106 valence electrons. The van der Waals surface area contributed by atoms with E-state index in [0.29, 0.717) is 6.42 Å². The SMILES string of the molecule is CCCCn1c(O)cc(CS(=O)(=O)O)c(N=O)c1=O. The largest absolute Gasteiger partial charge is 0.494 e. The normalized spacial score (nSPS) is 11.5. The van der Waals surface area contributed by atoms with Crippen LogP contribution in [0.5, 0.6) is 5.88 Å². The zero-order valence-corrected chi connectivity index (χ0v) is 11.1. The molecule has 0 aliphatic heterocycles. The summed E-state index contributed by atoms with van der Waals surface area (Å²) in [6, 6.07) is 0.946. The number of unbranched alkanes of at least 4 members (excludes halogenated alkanes) is 1. The maximum Gasteiger partial charge on any atom is 0.283 e. The first-order chi connectivity index (χ1) is 8.80. The van der Waals surface area contributed by atoms with E-state index in [1.165, 1.54) is 0 Å². The second-order valence-electron chi connectivity index (χ2n) is 4.00. The summed E-state index contributed by atoms with van der Waals surface area (Å²) in [4.78, 5) is 22.5. The van der Waals surface area contributed by atoms with Gasteiger partial charge in [-0.05, 0) is 11.6 Å². The summed E-state index contributed by atoms with van der Waals surface area (Å²) < 4.78 is 31.2. The van der Waals surface area contributed by atoms with Crippen LogP contribution in [0.3, 0.4) is 0 Å². The number of aromatic hydroxyl groups is 1. The minimum absolute atomic E-state index is 0.190. The van der Waals surface area contributed by atoms with Gasteiger partial charge >= 0.3 is 0 Å². The van der Waals surface area contributed by atoms with Gasteiger partial charge in [0.15, 0.2) is 11.6 Å². The van der Waals surface area contributed by atoms with Crippen molar-refractivity contribution in [1.29, 1.82) is 0 Å². The minimum atomic E-state index is -4.43. The molecule has 0 atom stereocenters. The van der Waals surface area contributed by atoms with Gasteiger partial charge in [0, 0.05) is 18.2 Å². The van der Waals surface area contributed by atoms with Crippen LogP contribution < -0.4 is 5.56 Å². The molecule has 0 saturated heterocycles. The summed E-state index contributed by atoms with van der Waals surface area (Å²) in [5.74, 6) is -1.42. The molecular weight excluding hydrogens is 276 g/mol. The highest BCUT2D eigenvalue weighted by Gasteiger charge is 2.19. The fraction of sp³-hybridized carbons (Fsp3) is 0.500. The van der Waals surface area contributed by atoms with E-state index in [9.17, 15) is 23.2 Å². The topological polar surface area (TPSA) is 126 Å². The smallest absolute Gasteiger partial charge is 0.283 e. The molecule has 0 aromatic carbocycles. The molecule has 0 saturated carbocycles. The van der Waals surface area contributed by atoms with E-state index in [2.05, 4.69) is 5.18 Å². The standard InChI is InChI=1S/C10H14N2O6S/c1-2-3-4-12-8(13)5-7(6-19(16,17)18)9(11-15)10(12)14/h5,13H,2-4,6H2,1H3,(H,16,17,18). The molecule has 1 heterocycles. The number of hydrogen-bond acceptors (Lipinski definition) is 6. The predicted molar refractivity (Wildman–Crippen MR) is 68.0 cm³/mol. The number of hydrogen-bond donors (Lipinski definition) is 2. The van der Waals surface area contributed by atoms with Gasteiger partial charge in [-0.25, -0.2) is 0 Å². The summed E-state index contributed by atoms with van der Waals surface area (Å²) in [6.45, 7) is 2.07. The van der Waals surface area contributed by atoms with Gasteiger partial charge < -0.3 is 5.11 Å². The van der Waals surface area contributed by atoms with Gasteiger partial charge in [0.25, 0.3) is 15.7 Å². The molecular formula is C10H14N2O6S. The number of rotatable bonds is 6. The Labute approximate surface area is 109 Å². The van der Waals surface area contributed by atoms with Gasteiger partial charge in [-0.1, -0.05) is 13.3 Å². The third-order valence-corrected chi connectivity index (χ3v) is 3.17. The van der Waals surface area contributed by atoms with Crippen LogP contribution in [-0.4, -0.2) is 22.6 Å². The zero-order chi connectivity index (χ0) is 14.6. The van der Waals surface area contributed by atoms with Crippen molar-refractivity contribution < 1.29 is 18.1 Å². The first-order valence-electron chi connectivity index (χ1n) is 5.54. The lowest BCUT2D eigenvalue weighted by Crippen LogP contribution is -2.21. The average Bonchev–Trinajstić information content (AvgIpc) is 2.26. The Balaban J connectivity index is 3.38. The van der Waals surface area contributed by atoms with E-state index in [1.807, 2.05) is 6.92 Å². The molecule has 1 aromatic rings. The van der Waals surface area contributed by atoms with Crippen molar-refractivity contribution >= 4 is 15.8 Å². The van der Waals surface area contributed by atoms with Crippen LogP contribution in [0.15, 0.2) is 16.0 Å². The maximum atomic E-state index is 11.9. The molecule has 19 heavy (non-hydrogen) atoms. The molecule has 0 amide bonds. The quantitative estimate of drug-likeness (QED) is 0.597. The van der Waals surface area contributed by atoms with Gasteiger partial charge in [0.2, 0.25) is 0 Å². The van der Waals surface area contributed by atoms with Crippen LogP contribution in [0.1, 0.15) is 25.3 Å². The minimum Gasteiger partial charge on any atom is -0.494 e. The maximum absolute atomic E-state index is 11.9. The summed E-state index contributed by atoms with van der Waals surface area (Å²) in [7, 11) is -4.43. The van der Waals surface area contributed by atoms with Crippen molar-refractivity contribution in [3.63, 3.8) is 0 Å². The Morgan fingerprint density at radius 2 is 2.05 bits per heavy atom. The van der Waals surface area contributed by atoms with E-state index in [1.54, 1.807) is 0 Å². The van der Waals surface area contributed by atoms with Crippen molar-refractivity contribution in [3.8, 4) is 5.88 Å². The van der Waals surface area contributed by atoms with Crippen LogP contribution in [0.4, 0.5) is 5.69 Å². The molecule has 0 unspecified atom stereocenters. The molecule has 1 aromatic heterocycles. The van der Waals surface area contributed by atoms with Crippen molar-refractivity contribution in [2.24, 2.45) is 5.18 Å². The van der Waals surface area contributed by atoms with Crippen LogP contribution in [0.2, 0.25) is 0 Å². The summed E-state index contributed by atoms with van der Waals surface area (Å²) in [6.07, 6.45) is 1.37. The Morgan fingerprint density at radius 3 is 2.53 bits per heavy atom. The van der Waals surface area contributed by atoms with Gasteiger partial charge in [-0.15, -0.1) is 4.91 Å². The first kappa shape index (κ1) is 15.3. The van der Waals surface area contributed by atoms with Crippen LogP contribution in [0.25, 0.3) is 0 Å². The molecule has 2 N–H and O–H groups in total. The predicted octanol–water partition coefficient (Wildman–Crippen LogP) is 1.14. The highest BCUT2D eigenvalue weighted by molar-refractivity contribution is 7.85. The second-order valence-corrected chi connectivity index (χ2v) is 5.46. The highest BCUT2D eigenvalue weighted by atomic mass is 32.2. The van der Waals surface area contributed by atoms with E-state index in [4.69, 9.17) is 4.55 Å². The molecule has 0 aliphatic carbocycles. The van der Waals surface area contributed by atoms with E-state index in [0.717, 1.165) is 17.1 Å². The third kappa shape index (κ3) is 3.86. The lowest BCUT2D eigenvalue weighted by atomic mass is 10.2. The van der Waals surface area contributed by atoms with Crippen molar-refractivity contribution in [1.82, 2.24) is 4.57 Å². The van der Waals surface area contributed by atoms with Gasteiger partial charge in [0.1, 0.15) is 5.75 Å². The fourth-order valence-corrected chi connectivity index (χ4v) is 2.22. The van der Waals surface area contributed by atoms with E-state index in [-0.39, 0.29) is 12.1 Å². The summed E-state index contributed by atoms with van der Waals surface area (Å²) >= 11 is 0. The Kier molecular flexibility index (Phi) is 4.78. The van der Waals surface area contributed by atoms with E-state index < -0.39 is 33.0 Å².